The number of benzene rings is 4. The van der Waals surface area contributed by atoms with E-state index in [9.17, 15) is 18.4 Å². The molecule has 1 aliphatic rings. The van der Waals surface area contributed by atoms with E-state index in [1.54, 1.807) is 6.08 Å². The minimum atomic E-state index is -4.78. The molecule has 8 nitrogen and oxygen atoms in total. The normalized spacial score (nSPS) is 17.0. The molecule has 0 saturated heterocycles. The van der Waals surface area contributed by atoms with Crippen molar-refractivity contribution in [3.63, 3.8) is 0 Å². The molecule has 11 heteroatoms. The maximum atomic E-state index is 12.5. The zero-order chi connectivity index (χ0) is 31.7. The average Bonchev–Trinajstić information content (AvgIpc) is 3.68. The molecule has 0 spiro atoms. The van der Waals surface area contributed by atoms with Crippen LogP contribution >= 0.6 is 0 Å². The molecule has 3 N–H and O–H groups in total. The topological polar surface area (TPSA) is 114 Å². The molecule has 4 aromatic carbocycles. The lowest BCUT2D eigenvalue weighted by Gasteiger charge is -2.42. The van der Waals surface area contributed by atoms with Crippen LogP contribution in [0.1, 0.15) is 11.1 Å². The lowest BCUT2D eigenvalue weighted by Crippen LogP contribution is -2.52. The first kappa shape index (κ1) is 29.2. The van der Waals surface area contributed by atoms with Crippen molar-refractivity contribution in [2.24, 2.45) is 10.7 Å². The van der Waals surface area contributed by atoms with Crippen LogP contribution < -0.4 is 26.4 Å². The number of anilines is 1. The van der Waals surface area contributed by atoms with E-state index in [2.05, 4.69) is 26.2 Å². The van der Waals surface area contributed by atoms with E-state index < -0.39 is 17.4 Å². The Morgan fingerprint density at radius 1 is 0.956 bits per heavy atom. The Morgan fingerprint density at radius 2 is 1.67 bits per heavy atom. The predicted molar refractivity (Wildman–Crippen MR) is 163 cm³/mol. The molecule has 6 rings (SSSR count). The summed E-state index contributed by atoms with van der Waals surface area (Å²) in [6.07, 6.45) is 1.72. The lowest BCUT2D eigenvalue weighted by atomic mass is 9.72. The highest BCUT2D eigenvalue weighted by atomic mass is 19.4. The van der Waals surface area contributed by atoms with Crippen LogP contribution in [0.3, 0.4) is 0 Å². The van der Waals surface area contributed by atoms with Gasteiger partial charge in [-0.2, -0.15) is 5.26 Å². The van der Waals surface area contributed by atoms with Crippen molar-refractivity contribution < 1.29 is 17.9 Å². The molecule has 0 bridgehead atoms. The molecule has 5 aromatic rings. The fraction of sp³-hybridized carbons (Fsp3) is 0.118. The highest BCUT2D eigenvalue weighted by Gasteiger charge is 2.52. The van der Waals surface area contributed by atoms with E-state index in [1.807, 2.05) is 85.8 Å². The van der Waals surface area contributed by atoms with Gasteiger partial charge < -0.3 is 15.8 Å². The zero-order valence-corrected chi connectivity index (χ0v) is 23.9. The minimum absolute atomic E-state index is 0.332. The highest BCUT2D eigenvalue weighted by Crippen LogP contribution is 2.43. The lowest BCUT2D eigenvalue weighted by molar-refractivity contribution is -0.274. The van der Waals surface area contributed by atoms with Crippen molar-refractivity contribution in [1.82, 2.24) is 14.8 Å². The van der Waals surface area contributed by atoms with Crippen molar-refractivity contribution in [2.45, 2.75) is 24.4 Å². The maximum Gasteiger partial charge on any atom is 0.573 e. The molecular weight excluding hydrogens is 579 g/mol. The number of alkyl halides is 3. The number of fused-ring (bicyclic) bond motifs is 1. The molecule has 0 radical (unpaired) electrons. The summed E-state index contributed by atoms with van der Waals surface area (Å²) in [6.45, 7) is 1.98. The summed E-state index contributed by atoms with van der Waals surface area (Å²) in [6, 6.07) is 30.6. The quantitative estimate of drug-likeness (QED) is 0.248. The number of ether oxygens (including phenoxy) is 1. The van der Waals surface area contributed by atoms with E-state index in [0.717, 1.165) is 16.5 Å². The van der Waals surface area contributed by atoms with Crippen molar-refractivity contribution >= 4 is 11.8 Å². The summed E-state index contributed by atoms with van der Waals surface area (Å²) < 4.78 is 43.0. The van der Waals surface area contributed by atoms with Gasteiger partial charge in [-0.05, 0) is 78.0 Å². The monoisotopic (exact) mass is 605 g/mol. The molecule has 0 amide bonds. The number of para-hydroxylation sites is 2. The van der Waals surface area contributed by atoms with Gasteiger partial charge in [-0.3, -0.25) is 4.99 Å². The number of hydrogen-bond acceptors (Lipinski definition) is 7. The van der Waals surface area contributed by atoms with Crippen LogP contribution in [0.2, 0.25) is 0 Å². The largest absolute Gasteiger partial charge is 0.573 e. The number of hydrogen-bond donors (Lipinski definition) is 2. The van der Waals surface area contributed by atoms with E-state index in [0.29, 0.717) is 28.0 Å². The fourth-order valence-electron chi connectivity index (χ4n) is 5.43. The Hall–Kier alpha value is -5.89. The fourth-order valence-corrected chi connectivity index (χ4v) is 5.43. The molecule has 2 atom stereocenters. The van der Waals surface area contributed by atoms with Gasteiger partial charge in [0.25, 0.3) is 0 Å². The first-order chi connectivity index (χ1) is 21.6. The third-order valence-electron chi connectivity index (χ3n) is 7.62. The summed E-state index contributed by atoms with van der Waals surface area (Å²) >= 11 is 0. The first-order valence-electron chi connectivity index (χ1n) is 13.9. The zero-order valence-electron chi connectivity index (χ0n) is 23.9. The molecular formula is C34H26F3N7O. The Morgan fingerprint density at radius 3 is 2.33 bits per heavy atom. The second kappa shape index (κ2) is 11.3. The van der Waals surface area contributed by atoms with Gasteiger partial charge >= 0.3 is 6.36 Å². The molecule has 0 aliphatic carbocycles. The van der Waals surface area contributed by atoms with Crippen molar-refractivity contribution in [3.05, 3.63) is 137 Å². The third kappa shape index (κ3) is 5.49. The van der Waals surface area contributed by atoms with Crippen LogP contribution in [0, 0.1) is 18.3 Å². The standard InChI is InChI=1S/C34H26F3N7O/c1-23-6-2-4-8-29(23)42-33(18-19-38,32(21-39)20-25-7-3-5-9-30(25)41-32)26-12-10-24(11-13-26)31-40-22-44(43-31)27-14-16-28(17-15-27)45-34(35,36)37/h2-20,22,42H,38H2,1H3/b19-18-. The Kier molecular flexibility index (Phi) is 7.34. The van der Waals surface area contributed by atoms with E-state index >= 15 is 0 Å². The summed E-state index contributed by atoms with van der Waals surface area (Å²) in [4.78, 5) is 9.35. The first-order valence-corrected chi connectivity index (χ1v) is 13.9. The van der Waals surface area contributed by atoms with Gasteiger partial charge in [-0.1, -0.05) is 60.7 Å². The van der Waals surface area contributed by atoms with Crippen LogP contribution in [0.15, 0.2) is 121 Å². The van der Waals surface area contributed by atoms with Gasteiger partial charge in [-0.15, -0.1) is 18.3 Å². The van der Waals surface area contributed by atoms with Gasteiger partial charge in [-0.25, -0.2) is 9.67 Å². The van der Waals surface area contributed by atoms with Crippen LogP contribution in [0.4, 0.5) is 18.9 Å². The smallest absolute Gasteiger partial charge is 0.406 e. The number of aromatic nitrogens is 3. The predicted octanol–water partition coefficient (Wildman–Crippen LogP) is 5.30. The number of aryl methyl sites for hydroxylation is 1. The number of nitriles is 1. The minimum Gasteiger partial charge on any atom is -0.406 e. The second-order valence-corrected chi connectivity index (χ2v) is 10.4. The average molecular weight is 606 g/mol. The van der Waals surface area contributed by atoms with Gasteiger partial charge in [0.1, 0.15) is 23.7 Å². The number of rotatable bonds is 8. The van der Waals surface area contributed by atoms with Crippen molar-refractivity contribution in [1.29, 1.82) is 5.26 Å². The SMILES string of the molecule is Cc1ccccc1NC(/C=C\N)(c1ccc(-c2ncn(-c3ccc(OC(F)(F)F)cc3)n2)cc1)C1(C#N)C=c2ccccc2=N1. The second-order valence-electron chi connectivity index (χ2n) is 10.4. The van der Waals surface area contributed by atoms with E-state index in [-0.39, 0.29) is 5.75 Å². The molecule has 1 aliphatic heterocycles. The number of nitrogens with one attached hydrogen (secondary N) is 1. The Bertz CT molecular complexity index is 2010. The van der Waals surface area contributed by atoms with Crippen LogP contribution in [-0.2, 0) is 5.54 Å². The molecule has 224 valence electrons. The molecule has 0 saturated carbocycles. The number of halogens is 3. The van der Waals surface area contributed by atoms with Gasteiger partial charge in [0.05, 0.1) is 11.0 Å². The van der Waals surface area contributed by atoms with Gasteiger partial charge in [0, 0.05) is 11.3 Å². The van der Waals surface area contributed by atoms with Gasteiger partial charge in [0.15, 0.2) is 11.4 Å². The van der Waals surface area contributed by atoms with Crippen molar-refractivity contribution in [3.8, 4) is 28.9 Å². The Labute approximate surface area is 256 Å². The van der Waals surface area contributed by atoms with Crippen LogP contribution in [-0.4, -0.2) is 26.7 Å². The third-order valence-corrected chi connectivity index (χ3v) is 7.62. The van der Waals surface area contributed by atoms with E-state index in [1.165, 1.54) is 41.5 Å². The highest BCUT2D eigenvalue weighted by molar-refractivity contribution is 5.67. The molecule has 2 unspecified atom stereocenters. The number of nitrogens with two attached hydrogens (primary N) is 1. The molecule has 45 heavy (non-hydrogen) atoms. The maximum absolute atomic E-state index is 12.5. The van der Waals surface area contributed by atoms with Gasteiger partial charge in [0.2, 0.25) is 0 Å². The van der Waals surface area contributed by atoms with Crippen LogP contribution in [0.5, 0.6) is 5.75 Å². The van der Waals surface area contributed by atoms with E-state index in [4.69, 9.17) is 10.7 Å². The molecule has 0 fully saturated rings. The number of nitrogens with zero attached hydrogens (tertiary/aromatic N) is 5. The molecule has 2 heterocycles. The Balaban J connectivity index is 1.40. The summed E-state index contributed by atoms with van der Waals surface area (Å²) in [7, 11) is 0. The summed E-state index contributed by atoms with van der Waals surface area (Å²) in [5.41, 5.74) is 7.12. The van der Waals surface area contributed by atoms with Crippen LogP contribution in [0.25, 0.3) is 23.2 Å². The molecule has 1 aromatic heterocycles. The summed E-state index contributed by atoms with van der Waals surface area (Å²) in [5, 5.41) is 20.5. The summed E-state index contributed by atoms with van der Waals surface area (Å²) in [5.74, 6) is 0.0597. The van der Waals surface area contributed by atoms with Crippen molar-refractivity contribution in [2.75, 3.05) is 5.32 Å².